The number of imidazole rings is 1. The Balaban J connectivity index is 1.46. The molecule has 0 fully saturated rings. The third-order valence-electron chi connectivity index (χ3n) is 6.50. The van der Waals surface area contributed by atoms with Crippen molar-refractivity contribution < 1.29 is 19.1 Å². The highest BCUT2D eigenvalue weighted by Crippen LogP contribution is 2.11. The molecule has 1 aromatic heterocycles. The Bertz CT molecular complexity index is 1380. The SMILES string of the molecule is Cc1ccc(CN(CC(=O)NCCc2ccccc2)C(=O)C(Cc2cnc[nH]2)NC(=O)OCc2ccccc2)cc1. The first kappa shape index (κ1) is 29.1. The van der Waals surface area contributed by atoms with Crippen LogP contribution in [0.5, 0.6) is 0 Å². The van der Waals surface area contributed by atoms with Crippen LogP contribution in [0.3, 0.4) is 0 Å². The maximum Gasteiger partial charge on any atom is 0.408 e. The van der Waals surface area contributed by atoms with Crippen LogP contribution in [0.15, 0.2) is 97.5 Å². The van der Waals surface area contributed by atoms with Crippen LogP contribution in [0.4, 0.5) is 4.79 Å². The van der Waals surface area contributed by atoms with E-state index in [4.69, 9.17) is 4.74 Å². The van der Waals surface area contributed by atoms with Crippen LogP contribution < -0.4 is 10.6 Å². The van der Waals surface area contributed by atoms with Gasteiger partial charge in [0, 0.05) is 31.4 Å². The summed E-state index contributed by atoms with van der Waals surface area (Å²) in [7, 11) is 0. The Labute approximate surface area is 240 Å². The zero-order valence-corrected chi connectivity index (χ0v) is 23.1. The molecule has 0 bridgehead atoms. The number of ether oxygens (including phenoxy) is 1. The first-order valence-electron chi connectivity index (χ1n) is 13.6. The predicted molar refractivity (Wildman–Crippen MR) is 156 cm³/mol. The van der Waals surface area contributed by atoms with E-state index >= 15 is 0 Å². The zero-order chi connectivity index (χ0) is 28.9. The van der Waals surface area contributed by atoms with Crippen molar-refractivity contribution in [3.05, 3.63) is 125 Å². The van der Waals surface area contributed by atoms with E-state index in [-0.39, 0.29) is 32.0 Å². The third kappa shape index (κ3) is 9.65. The summed E-state index contributed by atoms with van der Waals surface area (Å²) in [5.74, 6) is -0.691. The number of amides is 3. The molecule has 1 unspecified atom stereocenters. The van der Waals surface area contributed by atoms with Gasteiger partial charge < -0.3 is 25.3 Å². The number of aromatic nitrogens is 2. The molecule has 0 aliphatic rings. The lowest BCUT2D eigenvalue weighted by molar-refractivity contribution is -0.138. The highest BCUT2D eigenvalue weighted by atomic mass is 16.5. The average Bonchev–Trinajstić information content (AvgIpc) is 3.50. The average molecular weight is 554 g/mol. The number of benzene rings is 3. The highest BCUT2D eigenvalue weighted by molar-refractivity contribution is 5.89. The van der Waals surface area contributed by atoms with Gasteiger partial charge in [0.15, 0.2) is 0 Å². The Hall–Kier alpha value is -4.92. The van der Waals surface area contributed by atoms with Gasteiger partial charge in [-0.15, -0.1) is 0 Å². The molecule has 1 heterocycles. The number of carbonyl (C=O) groups excluding carboxylic acids is 3. The largest absolute Gasteiger partial charge is 0.445 e. The summed E-state index contributed by atoms with van der Waals surface area (Å²) in [6, 6.07) is 25.9. The highest BCUT2D eigenvalue weighted by Gasteiger charge is 2.29. The quantitative estimate of drug-likeness (QED) is 0.232. The molecule has 0 radical (unpaired) electrons. The Morgan fingerprint density at radius 2 is 1.59 bits per heavy atom. The maximum atomic E-state index is 13.9. The van der Waals surface area contributed by atoms with Crippen LogP contribution in [-0.4, -0.2) is 51.9 Å². The van der Waals surface area contributed by atoms with Crippen LogP contribution in [-0.2, 0) is 40.3 Å². The van der Waals surface area contributed by atoms with Crippen molar-refractivity contribution >= 4 is 17.9 Å². The van der Waals surface area contributed by atoms with E-state index in [0.29, 0.717) is 18.7 Å². The second-order valence-electron chi connectivity index (χ2n) is 9.81. The predicted octanol–water partition coefficient (Wildman–Crippen LogP) is 3.94. The molecule has 0 saturated heterocycles. The Morgan fingerprint density at radius 1 is 0.902 bits per heavy atom. The van der Waals surface area contributed by atoms with Gasteiger partial charge in [0.1, 0.15) is 12.6 Å². The fraction of sp³-hybridized carbons (Fsp3) is 0.250. The first-order valence-corrected chi connectivity index (χ1v) is 13.6. The molecule has 0 saturated carbocycles. The molecular formula is C32H35N5O4. The van der Waals surface area contributed by atoms with Gasteiger partial charge in [0.05, 0.1) is 12.9 Å². The van der Waals surface area contributed by atoms with Gasteiger partial charge in [0.25, 0.3) is 0 Å². The molecule has 4 aromatic rings. The topological polar surface area (TPSA) is 116 Å². The minimum atomic E-state index is -0.985. The number of nitrogens with one attached hydrogen (secondary N) is 3. The number of aromatic amines is 1. The molecule has 9 heteroatoms. The number of alkyl carbamates (subject to hydrolysis) is 1. The van der Waals surface area contributed by atoms with Crippen molar-refractivity contribution in [1.82, 2.24) is 25.5 Å². The summed E-state index contributed by atoms with van der Waals surface area (Å²) in [5, 5.41) is 5.62. The van der Waals surface area contributed by atoms with Crippen LogP contribution in [0.25, 0.3) is 0 Å². The Morgan fingerprint density at radius 3 is 2.24 bits per heavy atom. The first-order chi connectivity index (χ1) is 20.0. The van der Waals surface area contributed by atoms with Gasteiger partial charge in [-0.05, 0) is 30.0 Å². The van der Waals surface area contributed by atoms with Gasteiger partial charge in [-0.3, -0.25) is 9.59 Å². The van der Waals surface area contributed by atoms with Crippen molar-refractivity contribution in [1.29, 1.82) is 0 Å². The van der Waals surface area contributed by atoms with Gasteiger partial charge in [-0.1, -0.05) is 90.5 Å². The Kier molecular flexibility index (Phi) is 10.7. The summed E-state index contributed by atoms with van der Waals surface area (Å²) in [4.78, 5) is 48.1. The molecule has 3 N–H and O–H groups in total. The fourth-order valence-electron chi connectivity index (χ4n) is 4.29. The van der Waals surface area contributed by atoms with Gasteiger partial charge in [-0.25, -0.2) is 9.78 Å². The lowest BCUT2D eigenvalue weighted by Gasteiger charge is -2.27. The molecule has 3 amide bonds. The minimum absolute atomic E-state index is 0.0640. The van der Waals surface area contributed by atoms with E-state index in [9.17, 15) is 14.4 Å². The normalized spacial score (nSPS) is 11.3. The van der Waals surface area contributed by atoms with Crippen LogP contribution >= 0.6 is 0 Å². The fourth-order valence-corrected chi connectivity index (χ4v) is 4.29. The van der Waals surface area contributed by atoms with Crippen LogP contribution in [0, 0.1) is 6.92 Å². The minimum Gasteiger partial charge on any atom is -0.445 e. The van der Waals surface area contributed by atoms with Gasteiger partial charge in [0.2, 0.25) is 11.8 Å². The molecule has 212 valence electrons. The standard InChI is InChI=1S/C32H35N5O4/c1-24-12-14-26(15-13-24)20-37(21-30(38)34-17-16-25-8-4-2-5-9-25)31(39)29(18-28-19-33-23-35-28)36-32(40)41-22-27-10-6-3-7-11-27/h2-15,19,23,29H,16-18,20-22H2,1H3,(H,33,35)(H,34,38)(H,36,40). The summed E-state index contributed by atoms with van der Waals surface area (Å²) < 4.78 is 5.39. The molecule has 1 atom stereocenters. The van der Waals surface area contributed by atoms with Crippen molar-refractivity contribution in [2.24, 2.45) is 0 Å². The maximum absolute atomic E-state index is 13.9. The zero-order valence-electron chi connectivity index (χ0n) is 23.1. The molecule has 9 nitrogen and oxygen atoms in total. The second-order valence-corrected chi connectivity index (χ2v) is 9.81. The number of hydrogen-bond acceptors (Lipinski definition) is 5. The molecular weight excluding hydrogens is 518 g/mol. The number of carbonyl (C=O) groups is 3. The molecule has 0 aliphatic carbocycles. The molecule has 41 heavy (non-hydrogen) atoms. The third-order valence-corrected chi connectivity index (χ3v) is 6.50. The summed E-state index contributed by atoms with van der Waals surface area (Å²) in [6.45, 7) is 2.52. The molecule has 4 rings (SSSR count). The second kappa shape index (κ2) is 15.0. The van der Waals surface area contributed by atoms with Gasteiger partial charge >= 0.3 is 6.09 Å². The van der Waals surface area contributed by atoms with E-state index in [0.717, 1.165) is 22.3 Å². The van der Waals surface area contributed by atoms with E-state index < -0.39 is 18.0 Å². The van der Waals surface area contributed by atoms with E-state index in [1.165, 1.54) is 11.2 Å². The number of aryl methyl sites for hydroxylation is 1. The lowest BCUT2D eigenvalue weighted by atomic mass is 10.1. The summed E-state index contributed by atoms with van der Waals surface area (Å²) in [5.41, 5.74) is 4.55. The van der Waals surface area contributed by atoms with Crippen LogP contribution in [0.1, 0.15) is 27.9 Å². The summed E-state index contributed by atoms with van der Waals surface area (Å²) in [6.07, 6.45) is 3.20. The summed E-state index contributed by atoms with van der Waals surface area (Å²) >= 11 is 0. The van der Waals surface area contributed by atoms with E-state index in [1.807, 2.05) is 91.9 Å². The molecule has 0 aliphatic heterocycles. The number of rotatable bonds is 13. The molecule has 3 aromatic carbocycles. The van der Waals surface area contributed by atoms with Gasteiger partial charge in [-0.2, -0.15) is 0 Å². The monoisotopic (exact) mass is 553 g/mol. The van der Waals surface area contributed by atoms with Crippen molar-refractivity contribution in [3.8, 4) is 0 Å². The van der Waals surface area contributed by atoms with Crippen molar-refractivity contribution in [3.63, 3.8) is 0 Å². The van der Waals surface area contributed by atoms with E-state index in [2.05, 4.69) is 20.6 Å². The number of H-pyrrole nitrogens is 1. The number of hydrogen-bond donors (Lipinski definition) is 3. The number of nitrogens with zero attached hydrogens (tertiary/aromatic N) is 2. The van der Waals surface area contributed by atoms with Crippen LogP contribution in [0.2, 0.25) is 0 Å². The van der Waals surface area contributed by atoms with E-state index in [1.54, 1.807) is 6.20 Å². The molecule has 0 spiro atoms. The van der Waals surface area contributed by atoms with Crippen molar-refractivity contribution in [2.45, 2.75) is 39.0 Å². The smallest absolute Gasteiger partial charge is 0.408 e. The van der Waals surface area contributed by atoms with Crippen molar-refractivity contribution in [2.75, 3.05) is 13.1 Å². The lowest BCUT2D eigenvalue weighted by Crippen LogP contribution is -2.52.